The third kappa shape index (κ3) is 3.34. The summed E-state index contributed by atoms with van der Waals surface area (Å²) in [6.07, 6.45) is 5.13. The molecule has 0 saturated carbocycles. The van der Waals surface area contributed by atoms with Crippen molar-refractivity contribution in [1.82, 2.24) is 20.3 Å². The molecule has 0 aliphatic heterocycles. The summed E-state index contributed by atoms with van der Waals surface area (Å²) in [5.74, 6) is -0.229. The van der Waals surface area contributed by atoms with Crippen molar-refractivity contribution in [3.63, 3.8) is 0 Å². The third-order valence-corrected chi connectivity index (χ3v) is 4.15. The molecule has 0 spiro atoms. The first-order chi connectivity index (χ1) is 10.2. The second-order valence-corrected chi connectivity index (χ2v) is 5.87. The molecule has 0 aliphatic carbocycles. The van der Waals surface area contributed by atoms with E-state index >= 15 is 0 Å². The first kappa shape index (κ1) is 13.9. The molecule has 0 saturated heterocycles. The molecule has 21 heavy (non-hydrogen) atoms. The molecule has 0 unspecified atom stereocenters. The van der Waals surface area contributed by atoms with Gasteiger partial charge in [-0.15, -0.1) is 11.3 Å². The maximum absolute atomic E-state index is 11.8. The molecule has 3 rings (SSSR count). The molecule has 1 N–H and O–H groups in total. The summed E-state index contributed by atoms with van der Waals surface area (Å²) in [4.78, 5) is 24.1. The van der Waals surface area contributed by atoms with Gasteiger partial charge in [-0.25, -0.2) is 9.97 Å². The fourth-order valence-corrected chi connectivity index (χ4v) is 2.96. The summed E-state index contributed by atoms with van der Waals surface area (Å²) in [5, 5.41) is 4.44. The number of hydrogen-bond donors (Lipinski definition) is 1. The Hall–Kier alpha value is -2.05. The minimum Gasteiger partial charge on any atom is -0.350 e. The zero-order chi connectivity index (χ0) is 14.7. The molecule has 0 fully saturated rings. The van der Waals surface area contributed by atoms with E-state index in [-0.39, 0.29) is 5.91 Å². The minimum absolute atomic E-state index is 0.229. The average molecular weight is 319 g/mol. The van der Waals surface area contributed by atoms with E-state index in [2.05, 4.69) is 20.3 Å². The number of thiazole rings is 1. The molecule has 0 bridgehead atoms. The van der Waals surface area contributed by atoms with Crippen LogP contribution in [0.1, 0.15) is 15.5 Å². The van der Waals surface area contributed by atoms with Crippen LogP contribution in [0.3, 0.4) is 0 Å². The van der Waals surface area contributed by atoms with Gasteiger partial charge >= 0.3 is 0 Å². The van der Waals surface area contributed by atoms with E-state index in [1.54, 1.807) is 11.3 Å². The fraction of sp³-hybridized carbons (Fsp3) is 0.143. The topological polar surface area (TPSA) is 67.8 Å². The molecule has 0 atom stereocenters. The van der Waals surface area contributed by atoms with Gasteiger partial charge in [-0.1, -0.05) is 11.6 Å². The molecule has 1 amide bonds. The Morgan fingerprint density at radius 3 is 3.05 bits per heavy atom. The monoisotopic (exact) mass is 318 g/mol. The van der Waals surface area contributed by atoms with Crippen LogP contribution in [0.5, 0.6) is 0 Å². The van der Waals surface area contributed by atoms with Crippen LogP contribution in [0.2, 0.25) is 5.02 Å². The van der Waals surface area contributed by atoms with E-state index in [0.29, 0.717) is 23.7 Å². The smallest absolute Gasteiger partial charge is 0.271 e. The molecule has 3 aromatic rings. The fourth-order valence-electron chi connectivity index (χ4n) is 1.85. The highest BCUT2D eigenvalue weighted by molar-refractivity contribution is 7.18. The molecule has 5 nitrogen and oxygen atoms in total. The summed E-state index contributed by atoms with van der Waals surface area (Å²) in [5.41, 5.74) is 1.20. The van der Waals surface area contributed by atoms with Crippen LogP contribution < -0.4 is 5.32 Å². The summed E-state index contributed by atoms with van der Waals surface area (Å²) < 4.78 is 1.09. The number of carbonyl (C=O) groups is 1. The lowest BCUT2D eigenvalue weighted by Crippen LogP contribution is -2.26. The Labute approximate surface area is 130 Å². The number of amides is 1. The van der Waals surface area contributed by atoms with Crippen molar-refractivity contribution in [2.45, 2.75) is 6.42 Å². The third-order valence-electron chi connectivity index (χ3n) is 2.81. The van der Waals surface area contributed by atoms with E-state index in [9.17, 15) is 4.79 Å². The summed E-state index contributed by atoms with van der Waals surface area (Å²) in [6, 6.07) is 5.65. The van der Waals surface area contributed by atoms with Gasteiger partial charge in [0.05, 0.1) is 21.4 Å². The average Bonchev–Trinajstić information content (AvgIpc) is 2.89. The van der Waals surface area contributed by atoms with Gasteiger partial charge in [0.2, 0.25) is 0 Å². The largest absolute Gasteiger partial charge is 0.350 e. The maximum Gasteiger partial charge on any atom is 0.271 e. The molecule has 1 aromatic carbocycles. The van der Waals surface area contributed by atoms with Gasteiger partial charge in [-0.3, -0.25) is 9.78 Å². The van der Waals surface area contributed by atoms with Gasteiger partial charge in [-0.2, -0.15) is 0 Å². The molecule has 7 heteroatoms. The van der Waals surface area contributed by atoms with Crippen molar-refractivity contribution >= 4 is 39.1 Å². The zero-order valence-corrected chi connectivity index (χ0v) is 12.5. The molecular weight excluding hydrogens is 308 g/mol. The number of fused-ring (bicyclic) bond motifs is 1. The molecule has 2 heterocycles. The van der Waals surface area contributed by atoms with Crippen LogP contribution >= 0.6 is 22.9 Å². The maximum atomic E-state index is 11.8. The Morgan fingerprint density at radius 1 is 1.33 bits per heavy atom. The van der Waals surface area contributed by atoms with Crippen molar-refractivity contribution in [2.24, 2.45) is 0 Å². The Balaban J connectivity index is 1.60. The number of nitrogens with zero attached hydrogens (tertiary/aromatic N) is 3. The standard InChI is InChI=1S/C14H11ClN4OS/c15-9-1-2-12-10(7-9)19-13(21-12)3-4-18-14(20)11-8-16-5-6-17-11/h1-2,5-8H,3-4H2,(H,18,20). The van der Waals surface area contributed by atoms with Crippen molar-refractivity contribution in [3.05, 3.63) is 52.5 Å². The Bertz CT molecular complexity index is 775. The molecular formula is C14H11ClN4OS. The Kier molecular flexibility index (Phi) is 4.08. The molecule has 0 aliphatic rings. The first-order valence-corrected chi connectivity index (χ1v) is 7.51. The lowest BCUT2D eigenvalue weighted by molar-refractivity contribution is 0.0949. The van der Waals surface area contributed by atoms with Crippen molar-refractivity contribution in [2.75, 3.05) is 6.54 Å². The van der Waals surface area contributed by atoms with Crippen LogP contribution in [0, 0.1) is 0 Å². The quantitative estimate of drug-likeness (QED) is 0.803. The predicted molar refractivity (Wildman–Crippen MR) is 82.7 cm³/mol. The van der Waals surface area contributed by atoms with Crippen molar-refractivity contribution < 1.29 is 4.79 Å². The first-order valence-electron chi connectivity index (χ1n) is 6.31. The summed E-state index contributed by atoms with van der Waals surface area (Å²) in [7, 11) is 0. The van der Waals surface area contributed by atoms with Crippen molar-refractivity contribution in [3.8, 4) is 0 Å². The minimum atomic E-state index is -0.229. The van der Waals surface area contributed by atoms with Crippen LogP contribution in [-0.2, 0) is 6.42 Å². The molecule has 106 valence electrons. The summed E-state index contributed by atoms with van der Waals surface area (Å²) in [6.45, 7) is 0.503. The Morgan fingerprint density at radius 2 is 2.24 bits per heavy atom. The van der Waals surface area contributed by atoms with Gasteiger partial charge in [0.15, 0.2) is 0 Å². The number of nitrogens with one attached hydrogen (secondary N) is 1. The van der Waals surface area contributed by atoms with E-state index in [1.807, 2.05) is 18.2 Å². The van der Waals surface area contributed by atoms with Gasteiger partial charge < -0.3 is 5.32 Å². The van der Waals surface area contributed by atoms with Crippen LogP contribution in [0.4, 0.5) is 0 Å². The number of carbonyl (C=O) groups excluding carboxylic acids is 1. The van der Waals surface area contributed by atoms with E-state index in [0.717, 1.165) is 15.2 Å². The predicted octanol–water partition coefficient (Wildman–Crippen LogP) is 2.71. The van der Waals surface area contributed by atoms with Crippen LogP contribution in [0.15, 0.2) is 36.8 Å². The summed E-state index contributed by atoms with van der Waals surface area (Å²) >= 11 is 7.54. The lowest BCUT2D eigenvalue weighted by Gasteiger charge is -2.02. The lowest BCUT2D eigenvalue weighted by atomic mass is 10.3. The van der Waals surface area contributed by atoms with E-state index in [1.165, 1.54) is 18.6 Å². The van der Waals surface area contributed by atoms with Gasteiger partial charge in [-0.05, 0) is 18.2 Å². The van der Waals surface area contributed by atoms with Gasteiger partial charge in [0.1, 0.15) is 5.69 Å². The highest BCUT2D eigenvalue weighted by atomic mass is 35.5. The zero-order valence-electron chi connectivity index (χ0n) is 10.9. The number of benzene rings is 1. The molecule has 0 radical (unpaired) electrons. The van der Waals surface area contributed by atoms with Crippen LogP contribution in [0.25, 0.3) is 10.2 Å². The number of hydrogen-bond acceptors (Lipinski definition) is 5. The second kappa shape index (κ2) is 6.15. The van der Waals surface area contributed by atoms with Gasteiger partial charge in [0.25, 0.3) is 5.91 Å². The molecule has 2 aromatic heterocycles. The highest BCUT2D eigenvalue weighted by Gasteiger charge is 2.08. The number of aromatic nitrogens is 3. The van der Waals surface area contributed by atoms with Gasteiger partial charge in [0, 0.05) is 30.4 Å². The normalized spacial score (nSPS) is 10.7. The van der Waals surface area contributed by atoms with Crippen LogP contribution in [-0.4, -0.2) is 27.4 Å². The number of halogens is 1. The SMILES string of the molecule is O=C(NCCc1nc2cc(Cl)ccc2s1)c1cnccn1. The van der Waals surface area contributed by atoms with E-state index < -0.39 is 0 Å². The highest BCUT2D eigenvalue weighted by Crippen LogP contribution is 2.24. The van der Waals surface area contributed by atoms with E-state index in [4.69, 9.17) is 11.6 Å². The van der Waals surface area contributed by atoms with Crippen molar-refractivity contribution in [1.29, 1.82) is 0 Å². The second-order valence-electron chi connectivity index (χ2n) is 4.32. The number of rotatable bonds is 4.